The van der Waals surface area contributed by atoms with Gasteiger partial charge in [0.05, 0.1) is 6.54 Å². The molecule has 1 rings (SSSR count). The normalized spacial score (nSPS) is 15.0. The molecule has 0 bridgehead atoms. The molecule has 0 saturated heterocycles. The lowest BCUT2D eigenvalue weighted by Gasteiger charge is -2.21. The van der Waals surface area contributed by atoms with E-state index >= 15 is 0 Å². The molecule has 0 amide bonds. The fourth-order valence-electron chi connectivity index (χ4n) is 1.76. The molecule has 0 fully saturated rings. The van der Waals surface area contributed by atoms with Crippen molar-refractivity contribution < 1.29 is 5.11 Å². The predicted molar refractivity (Wildman–Crippen MR) is 91.0 cm³/mol. The van der Waals surface area contributed by atoms with Crippen LogP contribution < -0.4 is 10.6 Å². The molecule has 0 spiro atoms. The third kappa shape index (κ3) is 6.46. The molecule has 0 aliphatic rings. The maximum atomic E-state index is 10.5. The van der Waals surface area contributed by atoms with Crippen molar-refractivity contribution in [2.24, 2.45) is 4.99 Å². The molecule has 0 aromatic carbocycles. The Balaban J connectivity index is 2.54. The highest BCUT2D eigenvalue weighted by molar-refractivity contribution is 7.10. The minimum atomic E-state index is -0.920. The van der Waals surface area contributed by atoms with Gasteiger partial charge in [-0.2, -0.15) is 0 Å². The van der Waals surface area contributed by atoms with Crippen LogP contribution in [0.5, 0.6) is 0 Å². The van der Waals surface area contributed by atoms with E-state index < -0.39 is 5.60 Å². The number of aliphatic imine (C=N–C) groups is 1. The van der Waals surface area contributed by atoms with E-state index in [1.807, 2.05) is 24.4 Å². The van der Waals surface area contributed by atoms with Gasteiger partial charge < -0.3 is 20.6 Å². The highest BCUT2D eigenvalue weighted by Gasteiger charge is 2.23. The molecular weight excluding hydrogens is 284 g/mol. The SMILES string of the molecule is CCNC(=NCC(C)(O)c1cccs1)NCCN(C)CC. The number of likely N-dealkylation sites (N-methyl/N-ethyl adjacent to an activating group) is 1. The van der Waals surface area contributed by atoms with Crippen molar-refractivity contribution in [1.82, 2.24) is 15.5 Å². The Hall–Kier alpha value is -1.11. The molecule has 0 saturated carbocycles. The summed E-state index contributed by atoms with van der Waals surface area (Å²) in [6, 6.07) is 3.89. The van der Waals surface area contributed by atoms with E-state index in [9.17, 15) is 5.11 Å². The fraction of sp³-hybridized carbons (Fsp3) is 0.667. The van der Waals surface area contributed by atoms with Gasteiger partial charge in [0, 0.05) is 24.5 Å². The zero-order valence-electron chi connectivity index (χ0n) is 13.5. The summed E-state index contributed by atoms with van der Waals surface area (Å²) in [6.07, 6.45) is 0. The topological polar surface area (TPSA) is 59.9 Å². The van der Waals surface area contributed by atoms with Crippen LogP contribution >= 0.6 is 11.3 Å². The highest BCUT2D eigenvalue weighted by atomic mass is 32.1. The minimum absolute atomic E-state index is 0.340. The number of thiophene rings is 1. The maximum absolute atomic E-state index is 10.5. The first kappa shape index (κ1) is 17.9. The van der Waals surface area contributed by atoms with Gasteiger partial charge >= 0.3 is 0 Å². The van der Waals surface area contributed by atoms with Crippen LogP contribution in [0.25, 0.3) is 0 Å². The summed E-state index contributed by atoms with van der Waals surface area (Å²) < 4.78 is 0. The first-order valence-electron chi connectivity index (χ1n) is 7.46. The standard InChI is InChI=1S/C15H28N4OS/c1-5-16-14(17-9-10-19(4)6-2)18-12-15(3,20)13-8-7-11-21-13/h7-8,11,20H,5-6,9-10,12H2,1-4H3,(H2,16,17,18). The van der Waals surface area contributed by atoms with Gasteiger partial charge in [-0.05, 0) is 38.9 Å². The van der Waals surface area contributed by atoms with Gasteiger partial charge in [-0.25, -0.2) is 4.99 Å². The molecule has 5 nitrogen and oxygen atoms in total. The Morgan fingerprint density at radius 3 is 2.76 bits per heavy atom. The van der Waals surface area contributed by atoms with Crippen LogP contribution in [-0.4, -0.2) is 55.7 Å². The van der Waals surface area contributed by atoms with Gasteiger partial charge in [-0.15, -0.1) is 11.3 Å². The lowest BCUT2D eigenvalue weighted by molar-refractivity contribution is 0.0711. The lowest BCUT2D eigenvalue weighted by Crippen LogP contribution is -2.41. The van der Waals surface area contributed by atoms with E-state index in [0.29, 0.717) is 6.54 Å². The van der Waals surface area contributed by atoms with Crippen molar-refractivity contribution in [3.05, 3.63) is 22.4 Å². The molecule has 0 aliphatic heterocycles. The van der Waals surface area contributed by atoms with Crippen molar-refractivity contribution in [2.75, 3.05) is 39.8 Å². The smallest absolute Gasteiger partial charge is 0.191 e. The number of hydrogen-bond donors (Lipinski definition) is 3. The molecular formula is C15H28N4OS. The first-order chi connectivity index (χ1) is 9.99. The van der Waals surface area contributed by atoms with Crippen LogP contribution in [-0.2, 0) is 5.60 Å². The lowest BCUT2D eigenvalue weighted by atomic mass is 10.1. The number of aliphatic hydroxyl groups is 1. The Morgan fingerprint density at radius 1 is 1.43 bits per heavy atom. The first-order valence-corrected chi connectivity index (χ1v) is 8.34. The average Bonchev–Trinajstić information content (AvgIpc) is 2.99. The molecule has 1 unspecified atom stereocenters. The molecule has 0 radical (unpaired) electrons. The van der Waals surface area contributed by atoms with E-state index in [4.69, 9.17) is 0 Å². The minimum Gasteiger partial charge on any atom is -0.383 e. The molecule has 1 aromatic heterocycles. The third-order valence-corrected chi connectivity index (χ3v) is 4.39. The van der Waals surface area contributed by atoms with Crippen molar-refractivity contribution in [3.63, 3.8) is 0 Å². The van der Waals surface area contributed by atoms with Crippen LogP contribution in [0, 0.1) is 0 Å². The van der Waals surface area contributed by atoms with Crippen LogP contribution in [0.4, 0.5) is 0 Å². The Bertz CT molecular complexity index is 417. The molecule has 120 valence electrons. The van der Waals surface area contributed by atoms with Crippen molar-refractivity contribution in [1.29, 1.82) is 0 Å². The summed E-state index contributed by atoms with van der Waals surface area (Å²) in [5.74, 6) is 0.749. The zero-order chi connectivity index (χ0) is 15.7. The number of rotatable bonds is 8. The maximum Gasteiger partial charge on any atom is 0.191 e. The summed E-state index contributed by atoms with van der Waals surface area (Å²) in [5, 5.41) is 19.0. The van der Waals surface area contributed by atoms with Crippen LogP contribution in [0.2, 0.25) is 0 Å². The highest BCUT2D eigenvalue weighted by Crippen LogP contribution is 2.25. The second kappa shape index (κ2) is 9.02. The molecule has 0 aliphatic carbocycles. The number of nitrogens with zero attached hydrogens (tertiary/aromatic N) is 2. The Kier molecular flexibility index (Phi) is 7.71. The monoisotopic (exact) mass is 312 g/mol. The Labute approximate surface area is 132 Å². The van der Waals surface area contributed by atoms with Gasteiger partial charge in [0.25, 0.3) is 0 Å². The summed E-state index contributed by atoms with van der Waals surface area (Å²) in [7, 11) is 2.09. The average molecular weight is 312 g/mol. The van der Waals surface area contributed by atoms with E-state index in [0.717, 1.165) is 37.0 Å². The van der Waals surface area contributed by atoms with Crippen LogP contribution in [0.15, 0.2) is 22.5 Å². The molecule has 1 heterocycles. The van der Waals surface area contributed by atoms with Gasteiger partial charge in [0.2, 0.25) is 0 Å². The van der Waals surface area contributed by atoms with E-state index in [-0.39, 0.29) is 0 Å². The molecule has 6 heteroatoms. The van der Waals surface area contributed by atoms with Crippen LogP contribution in [0.1, 0.15) is 25.6 Å². The van der Waals surface area contributed by atoms with Crippen LogP contribution in [0.3, 0.4) is 0 Å². The molecule has 1 aromatic rings. The fourth-order valence-corrected chi connectivity index (χ4v) is 2.54. The van der Waals surface area contributed by atoms with Gasteiger partial charge in [0.15, 0.2) is 5.96 Å². The van der Waals surface area contributed by atoms with Crippen molar-refractivity contribution >= 4 is 17.3 Å². The van der Waals surface area contributed by atoms with Gasteiger partial charge in [-0.3, -0.25) is 0 Å². The third-order valence-electron chi connectivity index (χ3n) is 3.27. The van der Waals surface area contributed by atoms with Gasteiger partial charge in [-0.1, -0.05) is 13.0 Å². The van der Waals surface area contributed by atoms with Gasteiger partial charge in [0.1, 0.15) is 5.60 Å². The quantitative estimate of drug-likeness (QED) is 0.502. The summed E-state index contributed by atoms with van der Waals surface area (Å²) in [6.45, 7) is 9.94. The van der Waals surface area contributed by atoms with E-state index in [1.54, 1.807) is 18.3 Å². The molecule has 21 heavy (non-hydrogen) atoms. The molecule has 1 atom stereocenters. The Morgan fingerprint density at radius 2 is 2.19 bits per heavy atom. The number of nitrogens with one attached hydrogen (secondary N) is 2. The van der Waals surface area contributed by atoms with E-state index in [1.165, 1.54) is 0 Å². The van der Waals surface area contributed by atoms with E-state index in [2.05, 4.69) is 34.5 Å². The predicted octanol–water partition coefficient (Wildman–Crippen LogP) is 1.46. The zero-order valence-corrected chi connectivity index (χ0v) is 14.3. The summed E-state index contributed by atoms with van der Waals surface area (Å²) in [5.41, 5.74) is -0.920. The second-order valence-electron chi connectivity index (χ2n) is 5.27. The second-order valence-corrected chi connectivity index (χ2v) is 6.22. The largest absolute Gasteiger partial charge is 0.383 e. The number of guanidine groups is 1. The van der Waals surface area contributed by atoms with Crippen molar-refractivity contribution in [3.8, 4) is 0 Å². The summed E-state index contributed by atoms with van der Waals surface area (Å²) in [4.78, 5) is 7.67. The molecule has 3 N–H and O–H groups in total. The summed E-state index contributed by atoms with van der Waals surface area (Å²) >= 11 is 1.55. The number of hydrogen-bond acceptors (Lipinski definition) is 4. The van der Waals surface area contributed by atoms with Crippen molar-refractivity contribution in [2.45, 2.75) is 26.4 Å².